The van der Waals surface area contributed by atoms with E-state index in [-0.39, 0.29) is 11.9 Å². The van der Waals surface area contributed by atoms with E-state index in [1.807, 2.05) is 49.1 Å². The number of urea groups is 1. The largest absolute Gasteiger partial charge is 0.367 e. The molecule has 0 aliphatic carbocycles. The molecule has 0 atom stereocenters. The number of aryl methyl sites for hydroxylation is 2. The quantitative estimate of drug-likeness (QED) is 0.293. The molecule has 6 rings (SSSR count). The van der Waals surface area contributed by atoms with E-state index in [2.05, 4.69) is 81.8 Å². The smallest absolute Gasteiger partial charge is 0.323 e. The van der Waals surface area contributed by atoms with Gasteiger partial charge in [0.1, 0.15) is 0 Å². The van der Waals surface area contributed by atoms with Crippen molar-refractivity contribution < 1.29 is 9.59 Å². The van der Waals surface area contributed by atoms with Crippen LogP contribution < -0.4 is 20.9 Å². The van der Waals surface area contributed by atoms with Crippen LogP contribution in [0.4, 0.5) is 21.9 Å². The highest BCUT2D eigenvalue weighted by atomic mass is 16.2. The normalized spacial score (nSPS) is 15.7. The van der Waals surface area contributed by atoms with Gasteiger partial charge in [-0.3, -0.25) is 14.6 Å². The Morgan fingerprint density at radius 3 is 1.87 bits per heavy atom. The summed E-state index contributed by atoms with van der Waals surface area (Å²) in [4.78, 5) is 35.1. The Hall–Kier alpha value is -4.66. The Bertz CT molecular complexity index is 1570. The van der Waals surface area contributed by atoms with Crippen LogP contribution in [-0.4, -0.2) is 74.1 Å². The molecule has 4 aromatic rings. The van der Waals surface area contributed by atoms with E-state index in [1.54, 1.807) is 4.90 Å². The minimum atomic E-state index is -0.583. The number of carbonyl (C=O) groups is 2. The molecule has 0 spiro atoms. The summed E-state index contributed by atoms with van der Waals surface area (Å²) in [5, 5.41) is 3.31. The van der Waals surface area contributed by atoms with Crippen LogP contribution in [0.25, 0.3) is 0 Å². The van der Waals surface area contributed by atoms with E-state index >= 15 is 0 Å². The Labute approximate surface area is 266 Å². The molecule has 8 nitrogen and oxygen atoms in total. The topological polar surface area (TPSA) is 85.1 Å². The molecule has 45 heavy (non-hydrogen) atoms. The Balaban J connectivity index is 1.34. The van der Waals surface area contributed by atoms with Crippen LogP contribution in [0.15, 0.2) is 97.1 Å². The molecular weight excluding hydrogens is 560 g/mol. The fraction of sp³-hybridized carbons (Fsp3) is 0.297. The van der Waals surface area contributed by atoms with Crippen LogP contribution in [0.5, 0.6) is 0 Å². The van der Waals surface area contributed by atoms with Crippen molar-refractivity contribution in [3.8, 4) is 0 Å². The summed E-state index contributed by atoms with van der Waals surface area (Å²) in [7, 11) is 0. The van der Waals surface area contributed by atoms with E-state index in [9.17, 15) is 9.59 Å². The van der Waals surface area contributed by atoms with Gasteiger partial charge in [-0.2, -0.15) is 0 Å². The van der Waals surface area contributed by atoms with Gasteiger partial charge in [0.25, 0.3) is 5.91 Å². The van der Waals surface area contributed by atoms with Gasteiger partial charge >= 0.3 is 6.03 Å². The van der Waals surface area contributed by atoms with Gasteiger partial charge in [-0.15, -0.1) is 0 Å². The maximum Gasteiger partial charge on any atom is 0.323 e. The molecule has 4 aromatic carbocycles. The number of hydrogen-bond acceptors (Lipinski definition) is 5. The summed E-state index contributed by atoms with van der Waals surface area (Å²) in [5.74, 6) is -0.0347. The lowest BCUT2D eigenvalue weighted by atomic mass is 9.96. The number of amides is 3. The van der Waals surface area contributed by atoms with E-state index in [4.69, 9.17) is 5.73 Å². The van der Waals surface area contributed by atoms with E-state index < -0.39 is 6.03 Å². The van der Waals surface area contributed by atoms with Crippen LogP contribution in [0.2, 0.25) is 0 Å². The molecule has 0 unspecified atom stereocenters. The maximum absolute atomic E-state index is 13.6. The molecule has 2 fully saturated rings. The first-order valence-corrected chi connectivity index (χ1v) is 15.8. The number of carbonyl (C=O) groups excluding carboxylic acids is 2. The molecule has 2 aliphatic heterocycles. The van der Waals surface area contributed by atoms with Crippen molar-refractivity contribution in [2.45, 2.75) is 19.9 Å². The average molecular weight is 603 g/mol. The number of primary amides is 1. The lowest BCUT2D eigenvalue weighted by Crippen LogP contribution is -2.48. The Kier molecular flexibility index (Phi) is 9.14. The minimum Gasteiger partial charge on any atom is -0.367 e. The predicted octanol–water partition coefficient (Wildman–Crippen LogP) is 5.48. The number of benzene rings is 4. The van der Waals surface area contributed by atoms with Crippen LogP contribution in [0.1, 0.15) is 38.7 Å². The van der Waals surface area contributed by atoms with E-state index in [0.29, 0.717) is 30.0 Å². The van der Waals surface area contributed by atoms with Crippen molar-refractivity contribution in [1.29, 1.82) is 0 Å². The zero-order valence-electron chi connectivity index (χ0n) is 26.2. The van der Waals surface area contributed by atoms with Crippen molar-refractivity contribution >= 4 is 29.0 Å². The molecule has 3 amide bonds. The third-order valence-electron chi connectivity index (χ3n) is 8.80. The molecule has 2 aliphatic rings. The molecule has 0 radical (unpaired) electrons. The van der Waals surface area contributed by atoms with Crippen molar-refractivity contribution in [2.75, 3.05) is 62.2 Å². The van der Waals surface area contributed by atoms with E-state index in [0.717, 1.165) is 56.1 Å². The number of anilines is 3. The van der Waals surface area contributed by atoms with Gasteiger partial charge in [-0.25, -0.2) is 4.79 Å². The van der Waals surface area contributed by atoms with E-state index in [1.165, 1.54) is 11.1 Å². The van der Waals surface area contributed by atoms with Gasteiger partial charge < -0.3 is 20.9 Å². The molecule has 0 bridgehead atoms. The number of piperazine rings is 2. The van der Waals surface area contributed by atoms with Gasteiger partial charge in [0.2, 0.25) is 0 Å². The maximum atomic E-state index is 13.6. The molecule has 8 heteroatoms. The van der Waals surface area contributed by atoms with Gasteiger partial charge in [0.05, 0.1) is 23.1 Å². The summed E-state index contributed by atoms with van der Waals surface area (Å²) in [6.07, 6.45) is 0. The summed E-state index contributed by atoms with van der Waals surface area (Å²) in [6, 6.07) is 32.6. The summed E-state index contributed by atoms with van der Waals surface area (Å²) in [5.41, 5.74) is 13.5. The fourth-order valence-corrected chi connectivity index (χ4v) is 6.72. The lowest BCUT2D eigenvalue weighted by molar-refractivity contribution is 0.0736. The van der Waals surface area contributed by atoms with Gasteiger partial charge in [-0.1, -0.05) is 66.7 Å². The zero-order valence-corrected chi connectivity index (χ0v) is 26.2. The third-order valence-corrected chi connectivity index (χ3v) is 8.80. The summed E-state index contributed by atoms with van der Waals surface area (Å²) >= 11 is 0. The molecule has 0 saturated carbocycles. The standard InChI is InChI=1S/C37H42N6O2/c1-27-23-28(2)25-32(24-27)43(37(38)45)34-26-31(36(44)42-17-15-39-16-18-42)13-14-33(34)40-19-21-41(22-20-40)35(29-9-5-3-6-10-29)30-11-7-4-8-12-30/h3-14,23-26,35,39H,15-22H2,1-2H3,(H2,38,45). The number of hydrogen-bond donors (Lipinski definition) is 2. The second-order valence-electron chi connectivity index (χ2n) is 12.0. The first-order valence-electron chi connectivity index (χ1n) is 15.8. The van der Waals surface area contributed by atoms with Crippen molar-refractivity contribution in [3.63, 3.8) is 0 Å². The number of nitrogens with one attached hydrogen (secondary N) is 1. The molecule has 0 aromatic heterocycles. The summed E-state index contributed by atoms with van der Waals surface area (Å²) in [6.45, 7) is 10.0. The number of nitrogens with two attached hydrogens (primary N) is 1. The molecular formula is C37H42N6O2. The molecule has 3 N–H and O–H groups in total. The Morgan fingerprint density at radius 2 is 1.31 bits per heavy atom. The van der Waals surface area contributed by atoms with Crippen LogP contribution in [0.3, 0.4) is 0 Å². The monoisotopic (exact) mass is 602 g/mol. The van der Waals surface area contributed by atoms with Crippen molar-refractivity contribution in [1.82, 2.24) is 15.1 Å². The van der Waals surface area contributed by atoms with Crippen molar-refractivity contribution in [2.24, 2.45) is 5.73 Å². The molecule has 232 valence electrons. The SMILES string of the molecule is Cc1cc(C)cc(N(C(N)=O)c2cc(C(=O)N3CCNCC3)ccc2N2CCN(C(c3ccccc3)c3ccccc3)CC2)c1. The molecule has 2 saturated heterocycles. The highest BCUT2D eigenvalue weighted by Crippen LogP contribution is 2.38. The third kappa shape index (κ3) is 6.72. The van der Waals surface area contributed by atoms with Gasteiger partial charge in [-0.05, 0) is 66.4 Å². The lowest BCUT2D eigenvalue weighted by Gasteiger charge is -2.42. The highest BCUT2D eigenvalue weighted by molar-refractivity contribution is 6.04. The number of nitrogens with zero attached hydrogens (tertiary/aromatic N) is 4. The highest BCUT2D eigenvalue weighted by Gasteiger charge is 2.30. The first kappa shape index (κ1) is 30.4. The molecule has 2 heterocycles. The Morgan fingerprint density at radius 1 is 0.733 bits per heavy atom. The van der Waals surface area contributed by atoms with Crippen molar-refractivity contribution in [3.05, 3.63) is 125 Å². The van der Waals surface area contributed by atoms with Crippen LogP contribution in [0, 0.1) is 13.8 Å². The van der Waals surface area contributed by atoms with Gasteiger partial charge in [0.15, 0.2) is 0 Å². The van der Waals surface area contributed by atoms with Crippen LogP contribution in [-0.2, 0) is 0 Å². The first-order chi connectivity index (χ1) is 21.9. The average Bonchev–Trinajstić information content (AvgIpc) is 3.06. The van der Waals surface area contributed by atoms with Gasteiger partial charge in [0, 0.05) is 57.9 Å². The summed E-state index contributed by atoms with van der Waals surface area (Å²) < 4.78 is 0. The zero-order chi connectivity index (χ0) is 31.3. The second kappa shape index (κ2) is 13.5. The second-order valence-corrected chi connectivity index (χ2v) is 12.0. The number of rotatable bonds is 7. The minimum absolute atomic E-state index is 0.0347. The fourth-order valence-electron chi connectivity index (χ4n) is 6.72. The predicted molar refractivity (Wildman–Crippen MR) is 181 cm³/mol. The van der Waals surface area contributed by atoms with Crippen LogP contribution >= 0.6 is 0 Å².